The average Bonchev–Trinajstić information content (AvgIpc) is 2.28. The number of methoxy groups -OCH3 is 1. The van der Waals surface area contributed by atoms with Crippen molar-refractivity contribution in [2.45, 2.75) is 13.8 Å². The van der Waals surface area contributed by atoms with Gasteiger partial charge in [0.1, 0.15) is 0 Å². The molecule has 3 nitrogen and oxygen atoms in total. The lowest BCUT2D eigenvalue weighted by Gasteiger charge is -2.21. The summed E-state index contributed by atoms with van der Waals surface area (Å²) in [7, 11) is 1.36. The molecule has 0 heterocycles. The maximum atomic E-state index is 13.8. The Hall–Kier alpha value is -1.42. The third-order valence-electron chi connectivity index (χ3n) is 2.55. The number of halogens is 1. The predicted molar refractivity (Wildman–Crippen MR) is 60.1 cm³/mol. The Kier molecular flexibility index (Phi) is 3.65. The Morgan fingerprint density at radius 3 is 2.62 bits per heavy atom. The summed E-state index contributed by atoms with van der Waals surface area (Å²) < 4.78 is 18.6. The summed E-state index contributed by atoms with van der Waals surface area (Å²) in [6, 6.07) is 4.50. The van der Waals surface area contributed by atoms with E-state index < -0.39 is 11.2 Å². The van der Waals surface area contributed by atoms with E-state index in [9.17, 15) is 9.18 Å². The summed E-state index contributed by atoms with van der Waals surface area (Å²) >= 11 is 0. The van der Waals surface area contributed by atoms with Crippen molar-refractivity contribution in [2.75, 3.05) is 13.7 Å². The smallest absolute Gasteiger partial charge is 0.175 e. The Morgan fingerprint density at radius 1 is 1.50 bits per heavy atom. The SMILES string of the molecule is COc1cccc(C(=O)C(C)(C)CN)c1F. The zero-order valence-corrected chi connectivity index (χ0v) is 9.71. The van der Waals surface area contributed by atoms with E-state index in [1.807, 2.05) is 0 Å². The van der Waals surface area contributed by atoms with Crippen molar-refractivity contribution in [1.82, 2.24) is 0 Å². The number of ketones is 1. The minimum Gasteiger partial charge on any atom is -0.494 e. The topological polar surface area (TPSA) is 52.3 Å². The van der Waals surface area contributed by atoms with E-state index in [0.717, 1.165) is 0 Å². The van der Waals surface area contributed by atoms with Crippen LogP contribution in [0.3, 0.4) is 0 Å². The highest BCUT2D eigenvalue weighted by Gasteiger charge is 2.29. The van der Waals surface area contributed by atoms with Crippen LogP contribution in [0.2, 0.25) is 0 Å². The molecule has 88 valence electrons. The van der Waals surface area contributed by atoms with Crippen LogP contribution in [0.4, 0.5) is 4.39 Å². The molecule has 1 aromatic rings. The Labute approximate surface area is 94.4 Å². The number of nitrogens with two attached hydrogens (primary N) is 1. The van der Waals surface area contributed by atoms with Gasteiger partial charge in [-0.3, -0.25) is 4.79 Å². The first-order valence-corrected chi connectivity index (χ1v) is 5.01. The molecule has 0 spiro atoms. The van der Waals surface area contributed by atoms with Gasteiger partial charge < -0.3 is 10.5 Å². The van der Waals surface area contributed by atoms with E-state index in [2.05, 4.69) is 0 Å². The van der Waals surface area contributed by atoms with E-state index in [1.165, 1.54) is 19.2 Å². The molecule has 0 amide bonds. The second kappa shape index (κ2) is 4.61. The highest BCUT2D eigenvalue weighted by molar-refractivity contribution is 6.00. The Morgan fingerprint density at radius 2 is 2.12 bits per heavy atom. The molecule has 0 aliphatic rings. The highest BCUT2D eigenvalue weighted by atomic mass is 19.1. The molecule has 0 fully saturated rings. The number of ether oxygens (including phenoxy) is 1. The fraction of sp³-hybridized carbons (Fsp3) is 0.417. The van der Waals surface area contributed by atoms with Crippen LogP contribution in [0.25, 0.3) is 0 Å². The summed E-state index contributed by atoms with van der Waals surface area (Å²) in [4.78, 5) is 12.0. The molecule has 2 N–H and O–H groups in total. The van der Waals surface area contributed by atoms with Gasteiger partial charge in [-0.25, -0.2) is 4.39 Å². The number of carbonyl (C=O) groups excluding carboxylic acids is 1. The van der Waals surface area contributed by atoms with Gasteiger partial charge >= 0.3 is 0 Å². The molecular weight excluding hydrogens is 209 g/mol. The molecule has 0 unspecified atom stereocenters. The second-order valence-electron chi connectivity index (χ2n) is 4.24. The van der Waals surface area contributed by atoms with Gasteiger partial charge in [0.15, 0.2) is 17.3 Å². The zero-order chi connectivity index (χ0) is 12.3. The fourth-order valence-electron chi connectivity index (χ4n) is 1.30. The summed E-state index contributed by atoms with van der Waals surface area (Å²) in [6.45, 7) is 3.55. The van der Waals surface area contributed by atoms with Gasteiger partial charge in [0.2, 0.25) is 0 Å². The molecule has 0 aromatic heterocycles. The van der Waals surface area contributed by atoms with Crippen molar-refractivity contribution in [1.29, 1.82) is 0 Å². The van der Waals surface area contributed by atoms with Gasteiger partial charge in [0.05, 0.1) is 12.7 Å². The standard InChI is InChI=1S/C12H16FNO2/c1-12(2,7-14)11(15)8-5-4-6-9(16-3)10(8)13/h4-6H,7,14H2,1-3H3. The van der Waals surface area contributed by atoms with Crippen molar-refractivity contribution in [2.24, 2.45) is 11.1 Å². The second-order valence-corrected chi connectivity index (χ2v) is 4.24. The molecule has 0 saturated carbocycles. The van der Waals surface area contributed by atoms with Crippen LogP contribution >= 0.6 is 0 Å². The van der Waals surface area contributed by atoms with E-state index in [4.69, 9.17) is 10.5 Å². The summed E-state index contributed by atoms with van der Waals surface area (Å²) in [5.41, 5.74) is 4.74. The highest BCUT2D eigenvalue weighted by Crippen LogP contribution is 2.26. The van der Waals surface area contributed by atoms with Crippen LogP contribution in [0.15, 0.2) is 18.2 Å². The van der Waals surface area contributed by atoms with Crippen LogP contribution in [-0.2, 0) is 0 Å². The largest absolute Gasteiger partial charge is 0.494 e. The van der Waals surface area contributed by atoms with Crippen molar-refractivity contribution < 1.29 is 13.9 Å². The third-order valence-corrected chi connectivity index (χ3v) is 2.55. The van der Waals surface area contributed by atoms with Gasteiger partial charge in [-0.05, 0) is 12.1 Å². The minimum atomic E-state index is -0.771. The van der Waals surface area contributed by atoms with Gasteiger partial charge in [0.25, 0.3) is 0 Å². The third kappa shape index (κ3) is 2.22. The van der Waals surface area contributed by atoms with Crippen molar-refractivity contribution in [3.63, 3.8) is 0 Å². The fourth-order valence-corrected chi connectivity index (χ4v) is 1.30. The van der Waals surface area contributed by atoms with Gasteiger partial charge in [-0.1, -0.05) is 19.9 Å². The molecular formula is C12H16FNO2. The monoisotopic (exact) mass is 225 g/mol. The summed E-state index contributed by atoms with van der Waals surface area (Å²) in [5.74, 6) is -0.874. The van der Waals surface area contributed by atoms with Crippen LogP contribution in [0.5, 0.6) is 5.75 Å². The van der Waals surface area contributed by atoms with E-state index in [0.29, 0.717) is 0 Å². The molecule has 1 rings (SSSR count). The van der Waals surface area contributed by atoms with E-state index in [-0.39, 0.29) is 23.6 Å². The minimum absolute atomic E-state index is 0.0230. The van der Waals surface area contributed by atoms with Gasteiger partial charge in [-0.15, -0.1) is 0 Å². The van der Waals surface area contributed by atoms with Crippen LogP contribution in [0.1, 0.15) is 24.2 Å². The molecule has 0 atom stereocenters. The molecule has 4 heteroatoms. The number of rotatable bonds is 4. The average molecular weight is 225 g/mol. The number of carbonyl (C=O) groups is 1. The van der Waals surface area contributed by atoms with E-state index in [1.54, 1.807) is 19.9 Å². The first-order valence-electron chi connectivity index (χ1n) is 5.01. The normalized spacial score (nSPS) is 11.3. The van der Waals surface area contributed by atoms with Crippen molar-refractivity contribution >= 4 is 5.78 Å². The molecule has 1 aromatic carbocycles. The summed E-state index contributed by atoms with van der Waals surface area (Å²) in [5, 5.41) is 0. The quantitative estimate of drug-likeness (QED) is 0.797. The van der Waals surface area contributed by atoms with Crippen LogP contribution < -0.4 is 10.5 Å². The van der Waals surface area contributed by atoms with Crippen LogP contribution in [-0.4, -0.2) is 19.4 Å². The maximum Gasteiger partial charge on any atom is 0.175 e. The van der Waals surface area contributed by atoms with Crippen LogP contribution in [0, 0.1) is 11.2 Å². The lowest BCUT2D eigenvalue weighted by atomic mass is 9.84. The zero-order valence-electron chi connectivity index (χ0n) is 9.71. The molecule has 0 bridgehead atoms. The van der Waals surface area contributed by atoms with Gasteiger partial charge in [0, 0.05) is 12.0 Å². The first kappa shape index (κ1) is 12.6. The van der Waals surface area contributed by atoms with Crippen molar-refractivity contribution in [3.8, 4) is 5.75 Å². The molecule has 0 aliphatic carbocycles. The van der Waals surface area contributed by atoms with E-state index >= 15 is 0 Å². The Bertz CT molecular complexity index is 402. The molecule has 0 saturated heterocycles. The molecule has 0 radical (unpaired) electrons. The number of Topliss-reactive ketones (excluding diaryl/α,β-unsaturated/α-hetero) is 1. The first-order chi connectivity index (χ1) is 7.44. The Balaban J connectivity index is 3.19. The van der Waals surface area contributed by atoms with Crippen molar-refractivity contribution in [3.05, 3.63) is 29.6 Å². The number of hydrogen-bond acceptors (Lipinski definition) is 3. The number of benzene rings is 1. The van der Waals surface area contributed by atoms with Gasteiger partial charge in [-0.2, -0.15) is 0 Å². The predicted octanol–water partition coefficient (Wildman–Crippen LogP) is 2.00. The lowest BCUT2D eigenvalue weighted by molar-refractivity contribution is 0.0842. The molecule has 0 aliphatic heterocycles. The lowest BCUT2D eigenvalue weighted by Crippen LogP contribution is -2.33. The molecule has 16 heavy (non-hydrogen) atoms. The number of hydrogen-bond donors (Lipinski definition) is 1. The summed E-state index contributed by atoms with van der Waals surface area (Å²) in [6.07, 6.45) is 0. The maximum absolute atomic E-state index is 13.8.